The standard InChI is InChI=1S/C15H17N5O/c1-9-2-3-10(14(16)19-9)12-8-13(17-6-7-21)20-15-11(12)4-5-18-15/h2-5,8,21H,6-7H2,1H3,(H2,16,19)(H2,17,18,20). The number of aromatic nitrogens is 3. The Balaban J connectivity index is 2.17. The fourth-order valence-corrected chi connectivity index (χ4v) is 2.34. The number of nitrogens with two attached hydrogens (primary N) is 1. The van der Waals surface area contributed by atoms with Crippen LogP contribution in [0, 0.1) is 6.92 Å². The van der Waals surface area contributed by atoms with Crippen LogP contribution in [0.3, 0.4) is 0 Å². The van der Waals surface area contributed by atoms with Crippen LogP contribution >= 0.6 is 0 Å². The van der Waals surface area contributed by atoms with Gasteiger partial charge in [0, 0.05) is 29.4 Å². The minimum Gasteiger partial charge on any atom is -0.395 e. The topological polar surface area (TPSA) is 99.8 Å². The summed E-state index contributed by atoms with van der Waals surface area (Å²) in [5.74, 6) is 1.19. The van der Waals surface area contributed by atoms with Gasteiger partial charge in [-0.3, -0.25) is 0 Å². The zero-order chi connectivity index (χ0) is 14.8. The quantitative estimate of drug-likeness (QED) is 0.586. The predicted molar refractivity (Wildman–Crippen MR) is 84.0 cm³/mol. The molecule has 0 aliphatic carbocycles. The summed E-state index contributed by atoms with van der Waals surface area (Å²) in [6.45, 7) is 2.40. The highest BCUT2D eigenvalue weighted by molar-refractivity contribution is 5.97. The Labute approximate surface area is 122 Å². The molecule has 0 spiro atoms. The minimum atomic E-state index is 0.0496. The predicted octanol–water partition coefficient (Wildman–Crippen LogP) is 1.92. The van der Waals surface area contributed by atoms with Crippen LogP contribution in [0.25, 0.3) is 22.2 Å². The molecule has 3 aromatic heterocycles. The van der Waals surface area contributed by atoms with Gasteiger partial charge in [0.15, 0.2) is 0 Å². The van der Waals surface area contributed by atoms with Gasteiger partial charge >= 0.3 is 0 Å². The SMILES string of the molecule is Cc1ccc(-c2cc(NCCO)nc3[nH]ccc23)c(N)n1. The molecule has 3 heterocycles. The number of aliphatic hydroxyl groups excluding tert-OH is 1. The van der Waals surface area contributed by atoms with Gasteiger partial charge in [-0.1, -0.05) is 0 Å². The molecule has 3 aromatic rings. The van der Waals surface area contributed by atoms with Gasteiger partial charge in [0.25, 0.3) is 0 Å². The van der Waals surface area contributed by atoms with Crippen molar-refractivity contribution in [1.29, 1.82) is 0 Å². The molecule has 3 rings (SSSR count). The van der Waals surface area contributed by atoms with Crippen molar-refractivity contribution >= 4 is 22.7 Å². The van der Waals surface area contributed by atoms with Crippen LogP contribution in [0.4, 0.5) is 11.6 Å². The number of aromatic amines is 1. The molecular weight excluding hydrogens is 266 g/mol. The lowest BCUT2D eigenvalue weighted by atomic mass is 10.0. The van der Waals surface area contributed by atoms with Crippen molar-refractivity contribution in [3.8, 4) is 11.1 Å². The lowest BCUT2D eigenvalue weighted by molar-refractivity contribution is 0.311. The van der Waals surface area contributed by atoms with Crippen molar-refractivity contribution in [2.45, 2.75) is 6.92 Å². The molecule has 108 valence electrons. The molecule has 0 unspecified atom stereocenters. The van der Waals surface area contributed by atoms with Crippen LogP contribution in [0.2, 0.25) is 0 Å². The first-order chi connectivity index (χ1) is 10.2. The van der Waals surface area contributed by atoms with Gasteiger partial charge in [0.05, 0.1) is 6.61 Å². The van der Waals surface area contributed by atoms with Crippen molar-refractivity contribution in [2.24, 2.45) is 0 Å². The summed E-state index contributed by atoms with van der Waals surface area (Å²) in [5, 5.41) is 13.0. The Bertz CT molecular complexity index is 781. The van der Waals surface area contributed by atoms with Crippen molar-refractivity contribution in [3.05, 3.63) is 36.2 Å². The Kier molecular flexibility index (Phi) is 3.45. The Morgan fingerprint density at radius 3 is 2.86 bits per heavy atom. The second-order valence-corrected chi connectivity index (χ2v) is 4.83. The average Bonchev–Trinajstić information content (AvgIpc) is 2.93. The molecule has 0 aliphatic rings. The summed E-state index contributed by atoms with van der Waals surface area (Å²) in [6, 6.07) is 7.79. The highest BCUT2D eigenvalue weighted by atomic mass is 16.3. The van der Waals surface area contributed by atoms with Gasteiger partial charge in [-0.2, -0.15) is 0 Å². The maximum Gasteiger partial charge on any atom is 0.140 e. The van der Waals surface area contributed by atoms with Crippen LogP contribution in [0.5, 0.6) is 0 Å². The molecule has 0 aromatic carbocycles. The highest BCUT2D eigenvalue weighted by Gasteiger charge is 2.12. The van der Waals surface area contributed by atoms with E-state index in [2.05, 4.69) is 20.3 Å². The van der Waals surface area contributed by atoms with Crippen LogP contribution in [0.15, 0.2) is 30.5 Å². The van der Waals surface area contributed by atoms with Gasteiger partial charge in [-0.05, 0) is 36.8 Å². The summed E-state index contributed by atoms with van der Waals surface area (Å²) in [7, 11) is 0. The van der Waals surface area contributed by atoms with E-state index in [1.54, 1.807) is 0 Å². The Morgan fingerprint density at radius 1 is 1.24 bits per heavy atom. The van der Waals surface area contributed by atoms with Gasteiger partial charge in [0.1, 0.15) is 17.3 Å². The van der Waals surface area contributed by atoms with E-state index >= 15 is 0 Å². The number of hydrogen-bond donors (Lipinski definition) is 4. The second-order valence-electron chi connectivity index (χ2n) is 4.83. The molecule has 0 radical (unpaired) electrons. The van der Waals surface area contributed by atoms with E-state index in [0.717, 1.165) is 27.9 Å². The van der Waals surface area contributed by atoms with Crippen molar-refractivity contribution in [3.63, 3.8) is 0 Å². The van der Waals surface area contributed by atoms with E-state index < -0.39 is 0 Å². The second kappa shape index (κ2) is 5.41. The number of hydrogen-bond acceptors (Lipinski definition) is 5. The summed E-state index contributed by atoms with van der Waals surface area (Å²) in [4.78, 5) is 11.9. The van der Waals surface area contributed by atoms with E-state index in [0.29, 0.717) is 18.2 Å². The van der Waals surface area contributed by atoms with Crippen molar-refractivity contribution in [1.82, 2.24) is 15.0 Å². The monoisotopic (exact) mass is 283 g/mol. The summed E-state index contributed by atoms with van der Waals surface area (Å²) in [5.41, 5.74) is 9.56. The fraction of sp³-hybridized carbons (Fsp3) is 0.200. The summed E-state index contributed by atoms with van der Waals surface area (Å²) in [6.07, 6.45) is 1.84. The van der Waals surface area contributed by atoms with E-state index in [1.165, 1.54) is 0 Å². The van der Waals surface area contributed by atoms with Crippen LogP contribution in [0.1, 0.15) is 5.69 Å². The number of nitrogens with zero attached hydrogens (tertiary/aromatic N) is 2. The lowest BCUT2D eigenvalue weighted by Gasteiger charge is -2.10. The summed E-state index contributed by atoms with van der Waals surface area (Å²) < 4.78 is 0. The first-order valence-corrected chi connectivity index (χ1v) is 6.75. The molecule has 6 nitrogen and oxygen atoms in total. The molecule has 0 aliphatic heterocycles. The number of anilines is 2. The third kappa shape index (κ3) is 2.53. The summed E-state index contributed by atoms with van der Waals surface area (Å²) >= 11 is 0. The molecule has 6 heteroatoms. The number of aryl methyl sites for hydroxylation is 1. The van der Waals surface area contributed by atoms with Crippen molar-refractivity contribution in [2.75, 3.05) is 24.2 Å². The number of aliphatic hydroxyl groups is 1. The maximum absolute atomic E-state index is 8.93. The van der Waals surface area contributed by atoms with Gasteiger partial charge in [0.2, 0.25) is 0 Å². The van der Waals surface area contributed by atoms with Gasteiger partial charge in [-0.25, -0.2) is 9.97 Å². The van der Waals surface area contributed by atoms with Crippen LogP contribution in [-0.2, 0) is 0 Å². The molecule has 0 atom stereocenters. The highest BCUT2D eigenvalue weighted by Crippen LogP contribution is 2.32. The zero-order valence-electron chi connectivity index (χ0n) is 11.7. The Morgan fingerprint density at radius 2 is 2.10 bits per heavy atom. The van der Waals surface area contributed by atoms with Crippen molar-refractivity contribution < 1.29 is 5.11 Å². The smallest absolute Gasteiger partial charge is 0.140 e. The minimum absolute atomic E-state index is 0.0496. The van der Waals surface area contributed by atoms with Gasteiger partial charge < -0.3 is 21.1 Å². The third-order valence-corrected chi connectivity index (χ3v) is 3.30. The van der Waals surface area contributed by atoms with Crippen LogP contribution < -0.4 is 11.1 Å². The van der Waals surface area contributed by atoms with E-state index in [4.69, 9.17) is 10.8 Å². The molecular formula is C15H17N5O. The number of pyridine rings is 2. The maximum atomic E-state index is 8.93. The van der Waals surface area contributed by atoms with E-state index in [1.807, 2.05) is 37.4 Å². The fourth-order valence-electron chi connectivity index (χ4n) is 2.34. The third-order valence-electron chi connectivity index (χ3n) is 3.30. The van der Waals surface area contributed by atoms with E-state index in [9.17, 15) is 0 Å². The number of nitrogen functional groups attached to an aromatic ring is 1. The number of fused-ring (bicyclic) bond motifs is 1. The molecule has 0 saturated carbocycles. The molecule has 0 fully saturated rings. The molecule has 21 heavy (non-hydrogen) atoms. The number of nitrogens with one attached hydrogen (secondary N) is 2. The first kappa shape index (κ1) is 13.4. The van der Waals surface area contributed by atoms with E-state index in [-0.39, 0.29) is 6.61 Å². The van der Waals surface area contributed by atoms with Crippen LogP contribution in [-0.4, -0.2) is 33.2 Å². The Hall–Kier alpha value is -2.60. The first-order valence-electron chi connectivity index (χ1n) is 6.75. The largest absolute Gasteiger partial charge is 0.395 e. The lowest BCUT2D eigenvalue weighted by Crippen LogP contribution is -2.07. The normalized spacial score (nSPS) is 11.0. The average molecular weight is 283 g/mol. The molecule has 0 saturated heterocycles. The number of H-pyrrole nitrogens is 1. The molecule has 0 bridgehead atoms. The molecule has 5 N–H and O–H groups in total. The molecule has 0 amide bonds. The van der Waals surface area contributed by atoms with Gasteiger partial charge in [-0.15, -0.1) is 0 Å². The number of rotatable bonds is 4. The zero-order valence-corrected chi connectivity index (χ0v) is 11.7.